The van der Waals surface area contributed by atoms with Gasteiger partial charge in [0.2, 0.25) is 0 Å². The molecular formula is C17H20. The Labute approximate surface area is 103 Å². The summed E-state index contributed by atoms with van der Waals surface area (Å²) in [6.45, 7) is 5.31. The molecule has 0 saturated heterocycles. The van der Waals surface area contributed by atoms with Crippen molar-refractivity contribution in [2.45, 2.75) is 33.1 Å². The van der Waals surface area contributed by atoms with Crippen molar-refractivity contribution in [2.75, 3.05) is 0 Å². The molecule has 0 aromatic rings. The van der Waals surface area contributed by atoms with Crippen LogP contribution in [-0.4, -0.2) is 0 Å². The summed E-state index contributed by atoms with van der Waals surface area (Å²) in [6, 6.07) is 0. The van der Waals surface area contributed by atoms with Crippen molar-refractivity contribution in [2.24, 2.45) is 69.0 Å². The van der Waals surface area contributed by atoms with Crippen molar-refractivity contribution in [1.82, 2.24) is 0 Å². The molecular weight excluding hydrogens is 204 g/mol. The molecule has 0 aromatic heterocycles. The fourth-order valence-corrected chi connectivity index (χ4v) is 12.0. The van der Waals surface area contributed by atoms with Crippen LogP contribution < -0.4 is 0 Å². The highest BCUT2D eigenvalue weighted by atomic mass is 15.2. The van der Waals surface area contributed by atoms with Gasteiger partial charge in [-0.05, 0) is 88.3 Å². The molecule has 0 radical (unpaired) electrons. The lowest BCUT2D eigenvalue weighted by atomic mass is 8.84. The highest BCUT2D eigenvalue weighted by Crippen LogP contribution is 3.19. The average Bonchev–Trinajstić information content (AvgIpc) is 2.22. The Kier molecular flexibility index (Phi) is 0.615. The molecule has 0 bridgehead atoms. The molecule has 0 aliphatic heterocycles. The van der Waals surface area contributed by atoms with Crippen molar-refractivity contribution >= 4 is 0 Å². The van der Waals surface area contributed by atoms with Crippen LogP contribution >= 0.6 is 0 Å². The molecule has 0 N–H and O–H groups in total. The van der Waals surface area contributed by atoms with E-state index in [1.165, 1.54) is 41.4 Å². The van der Waals surface area contributed by atoms with Gasteiger partial charge in [0.15, 0.2) is 0 Å². The van der Waals surface area contributed by atoms with Gasteiger partial charge < -0.3 is 0 Å². The van der Waals surface area contributed by atoms with Crippen LogP contribution in [-0.2, 0) is 0 Å². The summed E-state index contributed by atoms with van der Waals surface area (Å²) in [7, 11) is 0. The zero-order chi connectivity index (χ0) is 10.7. The maximum atomic E-state index is 2.69. The lowest BCUT2D eigenvalue weighted by Crippen LogP contribution is -3.16. The molecule has 12 atom stereocenters. The van der Waals surface area contributed by atoms with Crippen molar-refractivity contribution in [1.29, 1.82) is 0 Å². The monoisotopic (exact) mass is 224 g/mol. The normalized spacial score (nSPS) is 101. The lowest BCUT2D eigenvalue weighted by Gasteiger charge is -3.19. The summed E-state index contributed by atoms with van der Waals surface area (Å²) < 4.78 is 0. The second kappa shape index (κ2) is 1.38. The summed E-state index contributed by atoms with van der Waals surface area (Å²) >= 11 is 0. The van der Waals surface area contributed by atoms with Crippen molar-refractivity contribution < 1.29 is 0 Å². The second-order valence-corrected chi connectivity index (χ2v) is 9.65. The van der Waals surface area contributed by atoms with Crippen LogP contribution in [0.5, 0.6) is 0 Å². The maximum Gasteiger partial charge on any atom is -0.00973 e. The lowest BCUT2D eigenvalue weighted by molar-refractivity contribution is -0.730. The van der Waals surface area contributed by atoms with Crippen LogP contribution in [0.4, 0.5) is 0 Å². The Morgan fingerprint density at radius 3 is 2.41 bits per heavy atom. The zero-order valence-corrected chi connectivity index (χ0v) is 10.7. The first-order valence-corrected chi connectivity index (χ1v) is 8.20. The number of rotatable bonds is 0. The first-order valence-electron chi connectivity index (χ1n) is 8.20. The van der Waals surface area contributed by atoms with Gasteiger partial charge in [-0.3, -0.25) is 0 Å². The van der Waals surface area contributed by atoms with Gasteiger partial charge in [-0.1, -0.05) is 13.8 Å². The van der Waals surface area contributed by atoms with Gasteiger partial charge in [0.05, 0.1) is 0 Å². The Balaban J connectivity index is 1.47. The fourth-order valence-electron chi connectivity index (χ4n) is 12.0. The SMILES string of the molecule is CC1C2C3C4CC5CC6C7C8CC1(C)C82C73C564. The highest BCUT2D eigenvalue weighted by molar-refractivity contribution is 5.62. The number of hydrogen-bond donors (Lipinski definition) is 0. The molecule has 8 aliphatic carbocycles. The summed E-state index contributed by atoms with van der Waals surface area (Å²) in [5.41, 5.74) is 3.90. The molecule has 0 heterocycles. The smallest absolute Gasteiger partial charge is 0.00973 e. The van der Waals surface area contributed by atoms with Crippen LogP contribution in [0.3, 0.4) is 0 Å². The molecule has 0 heteroatoms. The molecule has 17 heavy (non-hydrogen) atoms. The molecule has 0 nitrogen and oxygen atoms in total. The Hall–Kier alpha value is 0. The van der Waals surface area contributed by atoms with Crippen molar-refractivity contribution in [3.05, 3.63) is 0 Å². The van der Waals surface area contributed by atoms with Gasteiger partial charge >= 0.3 is 0 Å². The van der Waals surface area contributed by atoms with E-state index < -0.39 is 0 Å². The topological polar surface area (TPSA) is 0 Å². The van der Waals surface area contributed by atoms with Crippen molar-refractivity contribution in [3.63, 3.8) is 0 Å². The predicted molar refractivity (Wildman–Crippen MR) is 62.9 cm³/mol. The predicted octanol–water partition coefficient (Wildman–Crippen LogP) is 3.18. The molecule has 0 aromatic carbocycles. The number of fused-ring (bicyclic) bond motifs is 4. The maximum absolute atomic E-state index is 2.69. The quantitative estimate of drug-likeness (QED) is 0.593. The van der Waals surface area contributed by atoms with Crippen LogP contribution in [0.25, 0.3) is 0 Å². The van der Waals surface area contributed by atoms with Crippen LogP contribution in [0.1, 0.15) is 33.1 Å². The van der Waals surface area contributed by atoms with E-state index in [2.05, 4.69) is 13.8 Å². The fraction of sp³-hybridized carbons (Fsp3) is 1.00. The van der Waals surface area contributed by atoms with Crippen LogP contribution in [0.2, 0.25) is 0 Å². The molecule has 12 unspecified atom stereocenters. The minimum atomic E-state index is 0.843. The summed E-state index contributed by atoms with van der Waals surface area (Å²) in [5.74, 6) is 9.96. The van der Waals surface area contributed by atoms with E-state index in [4.69, 9.17) is 0 Å². The van der Waals surface area contributed by atoms with Gasteiger partial charge in [0.25, 0.3) is 0 Å². The van der Waals surface area contributed by atoms with E-state index >= 15 is 0 Å². The minimum Gasteiger partial charge on any atom is -0.0617 e. The van der Waals surface area contributed by atoms with Crippen molar-refractivity contribution in [3.8, 4) is 0 Å². The highest BCUT2D eigenvalue weighted by Gasteiger charge is 3.16. The number of hydrogen-bond acceptors (Lipinski definition) is 0. The average molecular weight is 224 g/mol. The third-order valence-corrected chi connectivity index (χ3v) is 11.4. The largest absolute Gasteiger partial charge is 0.0617 e. The molecule has 8 rings (SSSR count). The molecule has 3 spiro atoms. The minimum absolute atomic E-state index is 0.843. The second-order valence-electron chi connectivity index (χ2n) is 9.65. The Bertz CT molecular complexity index is 579. The Morgan fingerprint density at radius 2 is 1.65 bits per heavy atom. The Morgan fingerprint density at radius 1 is 0.882 bits per heavy atom. The van der Waals surface area contributed by atoms with E-state index in [0.717, 1.165) is 27.6 Å². The summed E-state index contributed by atoms with van der Waals surface area (Å²) in [4.78, 5) is 0. The van der Waals surface area contributed by atoms with E-state index in [1.54, 1.807) is 19.3 Å². The van der Waals surface area contributed by atoms with E-state index in [1.807, 2.05) is 0 Å². The standard InChI is InChI=1S/C17H20/c1-6-11-13-9-4-7-3-8-12-10-5-14(6,2)16(10,11)17(12,13)15(7,8)9/h6-13H,3-5H2,1-2H3. The van der Waals surface area contributed by atoms with E-state index in [9.17, 15) is 0 Å². The summed E-state index contributed by atoms with van der Waals surface area (Å²) in [5, 5.41) is 0. The van der Waals surface area contributed by atoms with Crippen LogP contribution in [0, 0.1) is 69.0 Å². The third-order valence-electron chi connectivity index (χ3n) is 11.4. The first kappa shape index (κ1) is 7.56. The first-order chi connectivity index (χ1) is 8.20. The van der Waals surface area contributed by atoms with Gasteiger partial charge in [-0.15, -0.1) is 0 Å². The third kappa shape index (κ3) is 0.269. The zero-order valence-electron chi connectivity index (χ0n) is 10.7. The van der Waals surface area contributed by atoms with E-state index in [-0.39, 0.29) is 0 Å². The van der Waals surface area contributed by atoms with Gasteiger partial charge in [-0.2, -0.15) is 0 Å². The van der Waals surface area contributed by atoms with Gasteiger partial charge in [0, 0.05) is 0 Å². The van der Waals surface area contributed by atoms with Crippen LogP contribution in [0.15, 0.2) is 0 Å². The molecule has 0 amide bonds. The van der Waals surface area contributed by atoms with E-state index in [0.29, 0.717) is 0 Å². The molecule has 88 valence electrons. The summed E-state index contributed by atoms with van der Waals surface area (Å²) in [6.07, 6.45) is 5.00. The molecule has 8 saturated carbocycles. The molecule has 8 fully saturated rings. The van der Waals surface area contributed by atoms with Gasteiger partial charge in [0.1, 0.15) is 0 Å². The van der Waals surface area contributed by atoms with Gasteiger partial charge in [-0.25, -0.2) is 0 Å². The molecule has 8 aliphatic rings.